The van der Waals surface area contributed by atoms with Crippen molar-refractivity contribution in [2.75, 3.05) is 6.54 Å². The molecule has 0 aromatic heterocycles. The predicted octanol–water partition coefficient (Wildman–Crippen LogP) is 3.70. The normalized spacial score (nSPS) is 38.5. The summed E-state index contributed by atoms with van der Waals surface area (Å²) in [6, 6.07) is 2.56. The third-order valence-electron chi connectivity index (χ3n) is 5.96. The molecular weight excluding hydrogens is 232 g/mol. The van der Waals surface area contributed by atoms with Gasteiger partial charge in [0.15, 0.2) is 0 Å². The molecule has 3 aliphatic rings. The van der Waals surface area contributed by atoms with E-state index < -0.39 is 0 Å². The Morgan fingerprint density at radius 2 is 1.68 bits per heavy atom. The monoisotopic (exact) mass is 264 g/mol. The Morgan fingerprint density at radius 1 is 1.05 bits per heavy atom. The van der Waals surface area contributed by atoms with Gasteiger partial charge in [-0.25, -0.2) is 0 Å². The number of rotatable bonds is 4. The number of fused-ring (bicyclic) bond motifs is 2. The highest BCUT2D eigenvalue weighted by Gasteiger charge is 2.47. The highest BCUT2D eigenvalue weighted by Crippen LogP contribution is 2.45. The second-order valence-electron chi connectivity index (χ2n) is 7.47. The molecule has 2 heteroatoms. The van der Waals surface area contributed by atoms with Crippen molar-refractivity contribution in [1.29, 1.82) is 0 Å². The van der Waals surface area contributed by atoms with E-state index in [1.165, 1.54) is 70.8 Å². The van der Waals surface area contributed by atoms with Crippen LogP contribution in [-0.4, -0.2) is 35.1 Å². The van der Waals surface area contributed by atoms with Crippen LogP contribution in [0.25, 0.3) is 0 Å². The van der Waals surface area contributed by atoms with Crippen LogP contribution in [0.3, 0.4) is 0 Å². The van der Waals surface area contributed by atoms with Crippen molar-refractivity contribution in [3.05, 3.63) is 0 Å². The van der Waals surface area contributed by atoms with Crippen LogP contribution in [0.2, 0.25) is 0 Å². The van der Waals surface area contributed by atoms with Crippen LogP contribution >= 0.6 is 0 Å². The van der Waals surface area contributed by atoms with E-state index in [1.807, 2.05) is 0 Å². The van der Waals surface area contributed by atoms with E-state index >= 15 is 0 Å². The maximum Gasteiger partial charge on any atom is 0.0187 e. The second kappa shape index (κ2) is 5.73. The first-order valence-electron chi connectivity index (χ1n) is 8.75. The van der Waals surface area contributed by atoms with E-state index in [4.69, 9.17) is 0 Å². The van der Waals surface area contributed by atoms with Gasteiger partial charge in [0, 0.05) is 23.7 Å². The molecule has 1 N–H and O–H groups in total. The molecule has 2 saturated heterocycles. The van der Waals surface area contributed by atoms with Crippen LogP contribution in [0, 0.1) is 0 Å². The highest BCUT2D eigenvalue weighted by atomic mass is 15.3. The van der Waals surface area contributed by atoms with Gasteiger partial charge in [-0.1, -0.05) is 26.2 Å². The van der Waals surface area contributed by atoms with Crippen molar-refractivity contribution >= 4 is 0 Å². The Hall–Kier alpha value is -0.0800. The van der Waals surface area contributed by atoms with Crippen LogP contribution in [0.15, 0.2) is 0 Å². The largest absolute Gasteiger partial charge is 0.314 e. The number of nitrogens with zero attached hydrogens (tertiary/aromatic N) is 1. The summed E-state index contributed by atoms with van der Waals surface area (Å²) < 4.78 is 0. The third-order valence-corrected chi connectivity index (χ3v) is 5.96. The molecule has 2 aliphatic heterocycles. The Balaban J connectivity index is 1.69. The van der Waals surface area contributed by atoms with Crippen molar-refractivity contribution < 1.29 is 0 Å². The lowest BCUT2D eigenvalue weighted by Crippen LogP contribution is -2.63. The minimum Gasteiger partial charge on any atom is -0.314 e. The topological polar surface area (TPSA) is 15.3 Å². The minimum atomic E-state index is 0.547. The molecule has 2 unspecified atom stereocenters. The van der Waals surface area contributed by atoms with Crippen LogP contribution in [0.5, 0.6) is 0 Å². The van der Waals surface area contributed by atoms with E-state index in [0.29, 0.717) is 5.54 Å². The van der Waals surface area contributed by atoms with Crippen LogP contribution in [-0.2, 0) is 0 Å². The first-order valence-corrected chi connectivity index (χ1v) is 8.75. The van der Waals surface area contributed by atoms with Crippen molar-refractivity contribution in [2.24, 2.45) is 0 Å². The van der Waals surface area contributed by atoms with Crippen LogP contribution in [0.4, 0.5) is 0 Å². The van der Waals surface area contributed by atoms with Gasteiger partial charge in [-0.15, -0.1) is 0 Å². The summed E-state index contributed by atoms with van der Waals surface area (Å²) in [5.41, 5.74) is 0.547. The molecule has 2 bridgehead atoms. The molecule has 110 valence electrons. The lowest BCUT2D eigenvalue weighted by Gasteiger charge is -2.56. The van der Waals surface area contributed by atoms with Gasteiger partial charge in [0.1, 0.15) is 0 Å². The maximum absolute atomic E-state index is 3.80. The van der Waals surface area contributed by atoms with Crippen LogP contribution < -0.4 is 5.32 Å². The molecule has 2 heterocycles. The van der Waals surface area contributed by atoms with Gasteiger partial charge < -0.3 is 5.32 Å². The quantitative estimate of drug-likeness (QED) is 0.833. The Labute approximate surface area is 119 Å². The molecule has 0 spiro atoms. The lowest BCUT2D eigenvalue weighted by molar-refractivity contribution is -0.0531. The zero-order chi connectivity index (χ0) is 13.3. The molecular formula is C17H32N2. The molecule has 1 aliphatic carbocycles. The molecule has 0 aromatic carbocycles. The van der Waals surface area contributed by atoms with E-state index in [9.17, 15) is 0 Å². The van der Waals surface area contributed by atoms with Gasteiger partial charge in [0.05, 0.1) is 0 Å². The van der Waals surface area contributed by atoms with E-state index in [0.717, 1.165) is 18.1 Å². The summed E-state index contributed by atoms with van der Waals surface area (Å²) in [5, 5.41) is 3.80. The van der Waals surface area contributed by atoms with E-state index in [-0.39, 0.29) is 0 Å². The van der Waals surface area contributed by atoms with Crippen molar-refractivity contribution in [2.45, 2.75) is 102 Å². The summed E-state index contributed by atoms with van der Waals surface area (Å²) in [5.74, 6) is 0. The fraction of sp³-hybridized carbons (Fsp3) is 1.00. The summed E-state index contributed by atoms with van der Waals surface area (Å²) in [4.78, 5) is 2.99. The summed E-state index contributed by atoms with van der Waals surface area (Å²) in [6.45, 7) is 6.05. The molecule has 2 atom stereocenters. The molecule has 3 rings (SSSR count). The standard InChI is InChI=1S/C17H32N2/c1-3-11-18-14-12-15-7-6-8-16(13-14)19(15)17(2)9-4-5-10-17/h14-16,18H,3-13H2,1-2H3. The minimum absolute atomic E-state index is 0.547. The number of hydrogen-bond donors (Lipinski definition) is 1. The predicted molar refractivity (Wildman–Crippen MR) is 81.5 cm³/mol. The SMILES string of the molecule is CCCNC1CC2CCCC(C1)N2C1(C)CCCC1. The van der Waals surface area contributed by atoms with Crippen LogP contribution in [0.1, 0.15) is 78.1 Å². The maximum atomic E-state index is 3.80. The van der Waals surface area contributed by atoms with Gasteiger partial charge in [-0.3, -0.25) is 4.90 Å². The molecule has 2 nitrogen and oxygen atoms in total. The van der Waals surface area contributed by atoms with Gasteiger partial charge in [0.25, 0.3) is 0 Å². The molecule has 0 aromatic rings. The summed E-state index contributed by atoms with van der Waals surface area (Å²) in [6.07, 6.45) is 14.3. The zero-order valence-corrected chi connectivity index (χ0v) is 13.0. The van der Waals surface area contributed by atoms with Gasteiger partial charge in [-0.2, -0.15) is 0 Å². The smallest absolute Gasteiger partial charge is 0.0187 e. The van der Waals surface area contributed by atoms with Crippen molar-refractivity contribution in [3.8, 4) is 0 Å². The van der Waals surface area contributed by atoms with Gasteiger partial charge in [0.2, 0.25) is 0 Å². The van der Waals surface area contributed by atoms with Crippen molar-refractivity contribution in [3.63, 3.8) is 0 Å². The van der Waals surface area contributed by atoms with E-state index in [1.54, 1.807) is 0 Å². The Morgan fingerprint density at radius 3 is 2.26 bits per heavy atom. The first kappa shape index (κ1) is 13.9. The molecule has 0 radical (unpaired) electrons. The Bertz CT molecular complexity index is 282. The molecule has 1 saturated carbocycles. The summed E-state index contributed by atoms with van der Waals surface area (Å²) >= 11 is 0. The fourth-order valence-electron chi connectivity index (χ4n) is 5.17. The van der Waals surface area contributed by atoms with Crippen molar-refractivity contribution in [1.82, 2.24) is 10.2 Å². The average molecular weight is 264 g/mol. The average Bonchev–Trinajstić information content (AvgIpc) is 2.83. The molecule has 3 fully saturated rings. The Kier molecular flexibility index (Phi) is 4.19. The van der Waals surface area contributed by atoms with Gasteiger partial charge in [-0.05, 0) is 58.4 Å². The molecule has 19 heavy (non-hydrogen) atoms. The fourth-order valence-corrected chi connectivity index (χ4v) is 5.17. The number of nitrogens with one attached hydrogen (secondary N) is 1. The number of piperidine rings is 2. The van der Waals surface area contributed by atoms with E-state index in [2.05, 4.69) is 24.1 Å². The lowest BCUT2D eigenvalue weighted by atomic mass is 9.77. The zero-order valence-electron chi connectivity index (χ0n) is 13.0. The second-order valence-corrected chi connectivity index (χ2v) is 7.47. The molecule has 0 amide bonds. The number of hydrogen-bond acceptors (Lipinski definition) is 2. The van der Waals surface area contributed by atoms with Gasteiger partial charge >= 0.3 is 0 Å². The third kappa shape index (κ3) is 2.71. The highest BCUT2D eigenvalue weighted by molar-refractivity contribution is 5.03. The first-order chi connectivity index (χ1) is 9.23. The summed E-state index contributed by atoms with van der Waals surface area (Å²) in [7, 11) is 0.